The third-order valence-electron chi connectivity index (χ3n) is 3.71. The lowest BCUT2D eigenvalue weighted by Crippen LogP contribution is -2.18. The minimum absolute atomic E-state index is 0.702. The maximum absolute atomic E-state index is 4.80. The van der Waals surface area contributed by atoms with E-state index >= 15 is 0 Å². The third kappa shape index (κ3) is 1.13. The Bertz CT molecular complexity index is 351. The van der Waals surface area contributed by atoms with Crippen molar-refractivity contribution in [1.82, 2.24) is 9.55 Å². The van der Waals surface area contributed by atoms with Crippen molar-refractivity contribution in [3.05, 3.63) is 17.2 Å². The van der Waals surface area contributed by atoms with Gasteiger partial charge in [0, 0.05) is 18.2 Å². The van der Waals surface area contributed by atoms with Crippen LogP contribution in [0.15, 0.2) is 0 Å². The van der Waals surface area contributed by atoms with E-state index in [1.54, 1.807) is 5.69 Å². The Morgan fingerprint density at radius 3 is 2.93 bits per heavy atom. The molecule has 14 heavy (non-hydrogen) atoms. The number of imidazole rings is 1. The Morgan fingerprint density at radius 1 is 1.14 bits per heavy atom. The second-order valence-corrected chi connectivity index (χ2v) is 4.74. The Morgan fingerprint density at radius 2 is 2.00 bits per heavy atom. The summed E-state index contributed by atoms with van der Waals surface area (Å²) >= 11 is 0. The molecule has 1 unspecified atom stereocenters. The zero-order chi connectivity index (χ0) is 9.54. The molecular weight excluding hydrogens is 172 g/mol. The van der Waals surface area contributed by atoms with E-state index < -0.39 is 0 Å². The van der Waals surface area contributed by atoms with Crippen LogP contribution in [0.1, 0.15) is 55.9 Å². The van der Waals surface area contributed by atoms with Gasteiger partial charge in [0.2, 0.25) is 0 Å². The van der Waals surface area contributed by atoms with Crippen LogP contribution in [0.2, 0.25) is 0 Å². The van der Waals surface area contributed by atoms with Crippen LogP contribution in [-0.2, 0) is 19.3 Å². The lowest BCUT2D eigenvalue weighted by molar-refractivity contribution is 0.411. The zero-order valence-corrected chi connectivity index (χ0v) is 8.92. The van der Waals surface area contributed by atoms with Gasteiger partial charge in [0.05, 0.1) is 5.69 Å². The number of rotatable bonds is 0. The van der Waals surface area contributed by atoms with Gasteiger partial charge >= 0.3 is 0 Å². The maximum atomic E-state index is 4.80. The summed E-state index contributed by atoms with van der Waals surface area (Å²) < 4.78 is 2.54. The Balaban J connectivity index is 2.12. The monoisotopic (exact) mass is 190 g/mol. The molecule has 0 bridgehead atoms. The summed E-state index contributed by atoms with van der Waals surface area (Å²) in [6.07, 6.45) is 9.08. The molecule has 2 heterocycles. The molecule has 0 radical (unpaired) electrons. The van der Waals surface area contributed by atoms with Crippen LogP contribution >= 0.6 is 0 Å². The first-order chi connectivity index (χ1) is 6.86. The molecule has 1 aliphatic heterocycles. The summed E-state index contributed by atoms with van der Waals surface area (Å²) in [5.74, 6) is 1.37. The SMILES string of the molecule is CC1CCCc2nc3c(n21)CCCC3. The van der Waals surface area contributed by atoms with E-state index in [1.807, 2.05) is 0 Å². The van der Waals surface area contributed by atoms with Crippen LogP contribution < -0.4 is 0 Å². The Kier molecular flexibility index (Phi) is 1.89. The van der Waals surface area contributed by atoms with Crippen LogP contribution in [0.5, 0.6) is 0 Å². The van der Waals surface area contributed by atoms with Crippen LogP contribution in [-0.4, -0.2) is 9.55 Å². The number of hydrogen-bond donors (Lipinski definition) is 0. The molecule has 0 fully saturated rings. The van der Waals surface area contributed by atoms with Crippen LogP contribution in [0.25, 0.3) is 0 Å². The topological polar surface area (TPSA) is 17.8 Å². The van der Waals surface area contributed by atoms with Crippen molar-refractivity contribution < 1.29 is 0 Å². The molecule has 0 amide bonds. The average molecular weight is 190 g/mol. The number of fused-ring (bicyclic) bond motifs is 3. The van der Waals surface area contributed by atoms with E-state index in [0.717, 1.165) is 0 Å². The van der Waals surface area contributed by atoms with Gasteiger partial charge in [-0.05, 0) is 45.4 Å². The van der Waals surface area contributed by atoms with Crippen molar-refractivity contribution in [2.24, 2.45) is 0 Å². The fraction of sp³-hybridized carbons (Fsp3) is 0.750. The molecule has 0 saturated heterocycles. The van der Waals surface area contributed by atoms with Gasteiger partial charge in [0.15, 0.2) is 0 Å². The summed E-state index contributed by atoms with van der Waals surface area (Å²) in [6.45, 7) is 2.35. The van der Waals surface area contributed by atoms with Gasteiger partial charge in [0.25, 0.3) is 0 Å². The number of aryl methyl sites for hydroxylation is 2. The first kappa shape index (κ1) is 8.51. The molecule has 76 valence electrons. The molecule has 1 atom stereocenters. The van der Waals surface area contributed by atoms with Crippen LogP contribution in [0, 0.1) is 0 Å². The first-order valence-electron chi connectivity index (χ1n) is 5.95. The van der Waals surface area contributed by atoms with Crippen molar-refractivity contribution in [3.8, 4) is 0 Å². The smallest absolute Gasteiger partial charge is 0.109 e. The van der Waals surface area contributed by atoms with Gasteiger partial charge in [-0.3, -0.25) is 0 Å². The normalized spacial score (nSPS) is 25.6. The fourth-order valence-electron chi connectivity index (χ4n) is 3.00. The van der Waals surface area contributed by atoms with E-state index in [9.17, 15) is 0 Å². The highest BCUT2D eigenvalue weighted by molar-refractivity contribution is 5.22. The van der Waals surface area contributed by atoms with E-state index in [1.165, 1.54) is 56.5 Å². The van der Waals surface area contributed by atoms with Gasteiger partial charge in [-0.2, -0.15) is 0 Å². The van der Waals surface area contributed by atoms with E-state index in [2.05, 4.69) is 11.5 Å². The molecule has 2 nitrogen and oxygen atoms in total. The van der Waals surface area contributed by atoms with E-state index in [-0.39, 0.29) is 0 Å². The van der Waals surface area contributed by atoms with Crippen molar-refractivity contribution in [1.29, 1.82) is 0 Å². The second-order valence-electron chi connectivity index (χ2n) is 4.74. The lowest BCUT2D eigenvalue weighted by atomic mass is 9.99. The number of nitrogens with zero attached hydrogens (tertiary/aromatic N) is 2. The predicted octanol–water partition coefficient (Wildman–Crippen LogP) is 2.66. The molecule has 3 rings (SSSR count). The summed E-state index contributed by atoms with van der Waals surface area (Å²) in [5, 5.41) is 0. The molecular formula is C12H18N2. The lowest BCUT2D eigenvalue weighted by Gasteiger charge is -2.24. The minimum atomic E-state index is 0.702. The van der Waals surface area contributed by atoms with Crippen LogP contribution in [0.3, 0.4) is 0 Å². The number of aromatic nitrogens is 2. The Labute approximate surface area is 85.3 Å². The second kappa shape index (κ2) is 3.11. The molecule has 2 aliphatic rings. The first-order valence-corrected chi connectivity index (χ1v) is 5.95. The molecule has 0 aromatic carbocycles. The molecule has 2 heteroatoms. The molecule has 0 spiro atoms. The largest absolute Gasteiger partial charge is 0.329 e. The van der Waals surface area contributed by atoms with E-state index in [0.29, 0.717) is 6.04 Å². The summed E-state index contributed by atoms with van der Waals surface area (Å²) in [5.41, 5.74) is 2.98. The average Bonchev–Trinajstić information content (AvgIpc) is 2.57. The summed E-state index contributed by atoms with van der Waals surface area (Å²) in [7, 11) is 0. The quantitative estimate of drug-likeness (QED) is 0.615. The highest BCUT2D eigenvalue weighted by Gasteiger charge is 2.24. The maximum Gasteiger partial charge on any atom is 0.109 e. The highest BCUT2D eigenvalue weighted by Crippen LogP contribution is 2.31. The van der Waals surface area contributed by atoms with Gasteiger partial charge < -0.3 is 4.57 Å². The summed E-state index contributed by atoms with van der Waals surface area (Å²) in [6, 6.07) is 0.702. The van der Waals surface area contributed by atoms with Crippen molar-refractivity contribution in [2.45, 2.75) is 57.9 Å². The van der Waals surface area contributed by atoms with Crippen molar-refractivity contribution in [2.75, 3.05) is 0 Å². The van der Waals surface area contributed by atoms with Gasteiger partial charge in [-0.1, -0.05) is 0 Å². The predicted molar refractivity (Wildman–Crippen MR) is 56.5 cm³/mol. The highest BCUT2D eigenvalue weighted by atomic mass is 15.1. The molecule has 0 saturated carbocycles. The third-order valence-corrected chi connectivity index (χ3v) is 3.71. The zero-order valence-electron chi connectivity index (χ0n) is 8.92. The standard InChI is InChI=1S/C12H18N2/c1-9-5-4-8-12-13-10-6-2-3-7-11(10)14(9)12/h9H,2-8H2,1H3. The summed E-state index contributed by atoms with van der Waals surface area (Å²) in [4.78, 5) is 4.80. The van der Waals surface area contributed by atoms with Crippen molar-refractivity contribution >= 4 is 0 Å². The Hall–Kier alpha value is -0.790. The van der Waals surface area contributed by atoms with Gasteiger partial charge in [-0.15, -0.1) is 0 Å². The molecule has 1 aromatic heterocycles. The van der Waals surface area contributed by atoms with Crippen LogP contribution in [0.4, 0.5) is 0 Å². The molecule has 1 aliphatic carbocycles. The fourth-order valence-corrected chi connectivity index (χ4v) is 3.00. The van der Waals surface area contributed by atoms with E-state index in [4.69, 9.17) is 4.98 Å². The van der Waals surface area contributed by atoms with Gasteiger partial charge in [-0.25, -0.2) is 4.98 Å². The van der Waals surface area contributed by atoms with Crippen molar-refractivity contribution in [3.63, 3.8) is 0 Å². The van der Waals surface area contributed by atoms with Gasteiger partial charge in [0.1, 0.15) is 5.82 Å². The number of hydrogen-bond acceptors (Lipinski definition) is 1. The molecule has 1 aromatic rings. The minimum Gasteiger partial charge on any atom is -0.329 e. The molecule has 0 N–H and O–H groups in total.